The molecule has 0 unspecified atom stereocenters. The van der Waals surface area contributed by atoms with Crippen molar-refractivity contribution in [3.63, 3.8) is 0 Å². The lowest BCUT2D eigenvalue weighted by Gasteiger charge is -2.44. The first kappa shape index (κ1) is 78.8. The first-order chi connectivity index (χ1) is 46.0. The van der Waals surface area contributed by atoms with Gasteiger partial charge in [-0.1, -0.05) is 91.3 Å². The summed E-state index contributed by atoms with van der Waals surface area (Å²) in [4.78, 5) is 76.6. The number of hydrogen-bond acceptors (Lipinski definition) is 10. The van der Waals surface area contributed by atoms with Crippen LogP contribution in [0.2, 0.25) is 0 Å². The molecular formula is C73H86Cl3F7N8O8. The molecule has 6 aromatic carbocycles. The molecule has 4 aliphatic rings. The van der Waals surface area contributed by atoms with Gasteiger partial charge in [-0.3, -0.25) is 24.1 Å². The molecule has 0 aromatic heterocycles. The van der Waals surface area contributed by atoms with Crippen molar-refractivity contribution in [3.8, 4) is 11.1 Å². The Balaban J connectivity index is 0.00000459. The number of hydrogen-bond donors (Lipinski definition) is 3. The summed E-state index contributed by atoms with van der Waals surface area (Å²) in [6, 6.07) is 38.9. The summed E-state index contributed by atoms with van der Waals surface area (Å²) >= 11 is 0. The number of carbonyl (C=O) groups excluding carboxylic acids is 4. The van der Waals surface area contributed by atoms with Crippen LogP contribution in [-0.4, -0.2) is 171 Å². The number of likely N-dealkylation sites (N-methyl/N-ethyl adjacent to an activating group) is 2. The molecule has 3 fully saturated rings. The molecule has 3 heterocycles. The highest BCUT2D eigenvalue weighted by Crippen LogP contribution is 2.49. The Hall–Kier alpha value is -7.51. The van der Waals surface area contributed by atoms with E-state index >= 15 is 0 Å². The molecular weight excluding hydrogens is 1360 g/mol. The van der Waals surface area contributed by atoms with Gasteiger partial charge in [-0.05, 0) is 154 Å². The Bertz CT molecular complexity index is 3630. The van der Waals surface area contributed by atoms with Crippen LogP contribution < -0.4 is 15.5 Å². The van der Waals surface area contributed by atoms with Crippen LogP contribution in [0.25, 0.3) is 11.1 Å². The highest BCUT2D eigenvalue weighted by Gasteiger charge is 2.50. The molecule has 3 N–H and O–H groups in total. The maximum atomic E-state index is 14.2. The second-order valence-electron chi connectivity index (χ2n) is 25.6. The topological polar surface area (TPSA) is 168 Å². The quantitative estimate of drug-likeness (QED) is 0.0349. The molecule has 0 bridgehead atoms. The number of amides is 5. The SMILES string of the molecule is CN(CCN1CCC(N(C(=O)O)c2ccccc2-c2ccccc2)CC1)C(=O)CCCCCNc1ccc(C(=O)NCCCN(C)C(=O)CO[C@H]2Cc3ccccc3C23CCN(CC[C@@]2(c4ccc(F)cc4)CN(C(=O)c4cc(C(F)(F)F)cc(C(F)(F)F)c4)CO2)CC3)cc1.Cl.Cl.Cl. The van der Waals surface area contributed by atoms with Gasteiger partial charge in [0.15, 0.2) is 0 Å². The van der Waals surface area contributed by atoms with Crippen LogP contribution in [0.15, 0.2) is 146 Å². The molecule has 3 saturated heterocycles. The summed E-state index contributed by atoms with van der Waals surface area (Å²) < 4.78 is 110. The number of unbranched alkanes of at least 4 members (excludes halogenated alkanes) is 2. The number of rotatable bonds is 26. The third kappa shape index (κ3) is 19.7. The second kappa shape index (κ2) is 35.2. The van der Waals surface area contributed by atoms with Gasteiger partial charge in [-0.15, -0.1) is 37.2 Å². The number of carbonyl (C=O) groups is 5. The maximum absolute atomic E-state index is 14.2. The number of anilines is 2. The average Bonchev–Trinajstić information content (AvgIpc) is 1.62. The molecule has 6 aromatic rings. The molecule has 26 heteroatoms. The summed E-state index contributed by atoms with van der Waals surface area (Å²) in [5.74, 6) is -1.95. The Morgan fingerprint density at radius 3 is 1.96 bits per heavy atom. The molecule has 3 aliphatic heterocycles. The number of likely N-dealkylation sites (tertiary alicyclic amines) is 2. The van der Waals surface area contributed by atoms with Crippen molar-refractivity contribution in [1.82, 2.24) is 29.8 Å². The average molecular weight is 1440 g/mol. The minimum atomic E-state index is -5.15. The molecule has 536 valence electrons. The summed E-state index contributed by atoms with van der Waals surface area (Å²) in [6.45, 7) is 5.07. The van der Waals surface area contributed by atoms with Crippen molar-refractivity contribution in [2.45, 2.75) is 106 Å². The maximum Gasteiger partial charge on any atom is 0.416 e. The number of para-hydroxylation sites is 1. The van der Waals surface area contributed by atoms with Gasteiger partial charge in [0.25, 0.3) is 11.8 Å². The Labute approximate surface area is 591 Å². The molecule has 1 spiro atoms. The highest BCUT2D eigenvalue weighted by molar-refractivity contribution is 5.96. The number of piperidine rings is 2. The number of benzene rings is 6. The van der Waals surface area contributed by atoms with Crippen molar-refractivity contribution < 1.29 is 69.3 Å². The van der Waals surface area contributed by atoms with Crippen LogP contribution in [0, 0.1) is 5.82 Å². The first-order valence-corrected chi connectivity index (χ1v) is 32.9. The lowest BCUT2D eigenvalue weighted by Crippen LogP contribution is -2.50. The zero-order valence-electron chi connectivity index (χ0n) is 55.3. The van der Waals surface area contributed by atoms with Crippen LogP contribution in [0.5, 0.6) is 0 Å². The summed E-state index contributed by atoms with van der Waals surface area (Å²) in [7, 11) is 3.54. The van der Waals surface area contributed by atoms with E-state index in [1.54, 1.807) is 29.0 Å². The van der Waals surface area contributed by atoms with Crippen molar-refractivity contribution in [2.24, 2.45) is 0 Å². The Morgan fingerprint density at radius 1 is 0.667 bits per heavy atom. The van der Waals surface area contributed by atoms with Gasteiger partial charge in [0.05, 0.1) is 29.5 Å². The van der Waals surface area contributed by atoms with E-state index in [-0.39, 0.29) is 92.7 Å². The van der Waals surface area contributed by atoms with Crippen LogP contribution >= 0.6 is 37.2 Å². The van der Waals surface area contributed by atoms with Crippen molar-refractivity contribution in [1.29, 1.82) is 0 Å². The van der Waals surface area contributed by atoms with Crippen molar-refractivity contribution in [3.05, 3.63) is 190 Å². The van der Waals surface area contributed by atoms with Crippen LogP contribution in [0.4, 0.5) is 46.9 Å². The summed E-state index contributed by atoms with van der Waals surface area (Å²) in [6.07, 6.45) is -4.50. The number of nitrogens with zero attached hydrogens (tertiary/aromatic N) is 6. The molecule has 0 radical (unpaired) electrons. The van der Waals surface area contributed by atoms with Gasteiger partial charge in [-0.25, -0.2) is 9.18 Å². The first-order valence-electron chi connectivity index (χ1n) is 32.9. The summed E-state index contributed by atoms with van der Waals surface area (Å²) in [5, 5.41) is 16.7. The molecule has 99 heavy (non-hydrogen) atoms. The van der Waals surface area contributed by atoms with Crippen LogP contribution in [0.3, 0.4) is 0 Å². The molecule has 10 rings (SSSR count). The van der Waals surface area contributed by atoms with E-state index in [0.717, 1.165) is 71.7 Å². The van der Waals surface area contributed by atoms with Crippen molar-refractivity contribution >= 4 is 78.3 Å². The Morgan fingerprint density at radius 2 is 1.29 bits per heavy atom. The fourth-order valence-corrected chi connectivity index (χ4v) is 13.9. The van der Waals surface area contributed by atoms with Gasteiger partial charge in [0, 0.05) is 107 Å². The van der Waals surface area contributed by atoms with E-state index in [1.165, 1.54) is 29.2 Å². The number of ether oxygens (including phenoxy) is 2. The Kier molecular flexibility index (Phi) is 28.0. The summed E-state index contributed by atoms with van der Waals surface area (Å²) in [5.41, 5.74) is 1.02. The normalized spacial score (nSPS) is 17.7. The molecule has 2 atom stereocenters. The predicted octanol–water partition coefficient (Wildman–Crippen LogP) is 13.8. The van der Waals surface area contributed by atoms with Crippen molar-refractivity contribution in [2.75, 3.05) is 110 Å². The lowest BCUT2D eigenvalue weighted by atomic mass is 9.72. The molecule has 1 aliphatic carbocycles. The van der Waals surface area contributed by atoms with E-state index in [9.17, 15) is 59.8 Å². The smallest absolute Gasteiger partial charge is 0.416 e. The van der Waals surface area contributed by atoms with E-state index in [2.05, 4.69) is 32.6 Å². The van der Waals surface area contributed by atoms with Gasteiger partial charge in [0.1, 0.15) is 24.8 Å². The molecule has 0 saturated carbocycles. The molecule has 16 nitrogen and oxygen atoms in total. The predicted molar refractivity (Wildman–Crippen MR) is 373 cm³/mol. The monoisotopic (exact) mass is 1440 g/mol. The second-order valence-corrected chi connectivity index (χ2v) is 25.6. The number of carboxylic acid groups (broad SMARTS) is 1. The number of nitrogens with one attached hydrogen (secondary N) is 2. The molecule has 5 amide bonds. The van der Waals surface area contributed by atoms with Crippen LogP contribution in [-0.2, 0) is 48.9 Å². The van der Waals surface area contributed by atoms with Crippen LogP contribution in [0.1, 0.15) is 113 Å². The standard InChI is InChI=1S/C73H83F7N8O8.3ClH/c1-83(36-13-35-82-67(91)52-21-27-59(28-22-52)81-34-12-4-7-20-65(89)84(2)42-43-85-37-29-60(30-38-85)88(69(93)94)63-19-11-9-17-61(63)51-14-5-3-6-15-51)66(90)48-95-64-46-53-16-8-10-18-62(53)70(64)31-39-86(40-32-70)41-33-71(55-23-25-58(74)26-24-55)49-87(50-96-71)68(92)54-44-56(72(75,76)77)47-57(45-54)73(78,79)80;;;/h3,5-6,8-11,14-19,21-28,44-45,47,60,64,81H,4,7,12-13,20,29-43,46,48-50H2,1-2H3,(H,82,91)(H,93,94);3*1H/t64-,71-;;;/m0.../s1. The lowest BCUT2D eigenvalue weighted by molar-refractivity contribution is -0.143. The van der Waals surface area contributed by atoms with Gasteiger partial charge in [-0.2, -0.15) is 26.3 Å². The zero-order chi connectivity index (χ0) is 68.2. The van der Waals surface area contributed by atoms with Gasteiger partial charge in [0.2, 0.25) is 11.8 Å². The number of fused-ring (bicyclic) bond motifs is 2. The highest BCUT2D eigenvalue weighted by atomic mass is 35.5. The number of halogens is 10. The van der Waals surface area contributed by atoms with E-state index in [4.69, 9.17) is 9.47 Å². The minimum absolute atomic E-state index is 0. The van der Waals surface area contributed by atoms with E-state index in [0.29, 0.717) is 120 Å². The largest absolute Gasteiger partial charge is 0.465 e. The van der Waals surface area contributed by atoms with Gasteiger partial charge < -0.3 is 49.7 Å². The fraction of sp³-hybridized carbons (Fsp3) is 0.438. The van der Waals surface area contributed by atoms with E-state index in [1.807, 2.05) is 85.9 Å². The minimum Gasteiger partial charge on any atom is -0.465 e. The van der Waals surface area contributed by atoms with Gasteiger partial charge >= 0.3 is 18.4 Å². The number of alkyl halides is 6. The zero-order valence-corrected chi connectivity index (χ0v) is 57.8. The fourth-order valence-electron chi connectivity index (χ4n) is 13.9. The third-order valence-electron chi connectivity index (χ3n) is 19.5. The van der Waals surface area contributed by atoms with E-state index < -0.39 is 64.6 Å². The third-order valence-corrected chi connectivity index (χ3v) is 19.5.